The molecule has 2 aromatic heterocycles. The molecule has 0 bridgehead atoms. The average molecular weight is 284 g/mol. The van der Waals surface area contributed by atoms with Crippen molar-refractivity contribution in [3.8, 4) is 11.1 Å². The Labute approximate surface area is 122 Å². The zero-order valence-corrected chi connectivity index (χ0v) is 12.1. The molecule has 0 radical (unpaired) electrons. The number of benzene rings is 1. The summed E-state index contributed by atoms with van der Waals surface area (Å²) >= 11 is 1.78. The molecular weight excluding hydrogens is 268 g/mol. The number of aromatic nitrogens is 3. The minimum atomic E-state index is 0.731. The highest BCUT2D eigenvalue weighted by atomic mass is 32.1. The highest BCUT2D eigenvalue weighted by molar-refractivity contribution is 7.10. The zero-order chi connectivity index (χ0) is 13.8. The number of rotatable bonds is 5. The maximum Gasteiger partial charge on any atom is 0.146 e. The Hall–Kier alpha value is -1.98. The molecule has 0 spiro atoms. The van der Waals surface area contributed by atoms with Crippen LogP contribution in [0.1, 0.15) is 10.7 Å². The summed E-state index contributed by atoms with van der Waals surface area (Å²) in [6.45, 7) is 1.58. The standard InChI is InChI=1S/C15H16N4S/c1-19-11-17-18-15(19)9-16-8-14-7-13(10-20-14)12-5-3-2-4-6-12/h2-7,10-11,16H,8-9H2,1H3. The smallest absolute Gasteiger partial charge is 0.146 e. The third kappa shape index (κ3) is 2.95. The van der Waals surface area contributed by atoms with E-state index in [1.165, 1.54) is 16.0 Å². The molecule has 0 saturated heterocycles. The zero-order valence-electron chi connectivity index (χ0n) is 11.3. The van der Waals surface area contributed by atoms with Crippen molar-refractivity contribution in [3.05, 3.63) is 58.8 Å². The Morgan fingerprint density at radius 1 is 1.15 bits per heavy atom. The van der Waals surface area contributed by atoms with Crippen LogP contribution in [-0.4, -0.2) is 14.8 Å². The molecule has 102 valence electrons. The van der Waals surface area contributed by atoms with Crippen LogP contribution in [0.2, 0.25) is 0 Å². The van der Waals surface area contributed by atoms with Crippen molar-refractivity contribution < 1.29 is 0 Å². The first-order chi connectivity index (χ1) is 9.83. The molecule has 4 nitrogen and oxygen atoms in total. The minimum absolute atomic E-state index is 0.731. The van der Waals surface area contributed by atoms with Crippen LogP contribution in [0.15, 0.2) is 48.1 Å². The summed E-state index contributed by atoms with van der Waals surface area (Å²) < 4.78 is 1.93. The van der Waals surface area contributed by atoms with Gasteiger partial charge in [-0.15, -0.1) is 21.5 Å². The van der Waals surface area contributed by atoms with Gasteiger partial charge < -0.3 is 9.88 Å². The molecule has 2 heterocycles. The number of thiophene rings is 1. The second kappa shape index (κ2) is 5.98. The van der Waals surface area contributed by atoms with Gasteiger partial charge in [-0.3, -0.25) is 0 Å². The SMILES string of the molecule is Cn1cnnc1CNCc1cc(-c2ccccc2)cs1. The second-order valence-electron chi connectivity index (χ2n) is 4.63. The first-order valence-electron chi connectivity index (χ1n) is 6.49. The van der Waals surface area contributed by atoms with E-state index in [0.717, 1.165) is 18.9 Å². The molecule has 0 aliphatic rings. The lowest BCUT2D eigenvalue weighted by molar-refractivity contribution is 0.642. The largest absolute Gasteiger partial charge is 0.320 e. The highest BCUT2D eigenvalue weighted by Crippen LogP contribution is 2.25. The quantitative estimate of drug-likeness (QED) is 0.783. The van der Waals surface area contributed by atoms with Crippen molar-refractivity contribution in [1.82, 2.24) is 20.1 Å². The molecule has 0 aliphatic heterocycles. The molecule has 1 aromatic carbocycles. The maximum atomic E-state index is 4.05. The van der Waals surface area contributed by atoms with Gasteiger partial charge in [0, 0.05) is 18.5 Å². The van der Waals surface area contributed by atoms with Crippen molar-refractivity contribution >= 4 is 11.3 Å². The Kier molecular flexibility index (Phi) is 3.90. The Bertz CT molecular complexity index is 672. The van der Waals surface area contributed by atoms with Crippen LogP contribution in [0, 0.1) is 0 Å². The summed E-state index contributed by atoms with van der Waals surface area (Å²) in [6, 6.07) is 12.7. The fourth-order valence-electron chi connectivity index (χ4n) is 2.02. The van der Waals surface area contributed by atoms with Crippen molar-refractivity contribution in [3.63, 3.8) is 0 Å². The van der Waals surface area contributed by atoms with Gasteiger partial charge >= 0.3 is 0 Å². The number of hydrogen-bond acceptors (Lipinski definition) is 4. The van der Waals surface area contributed by atoms with Gasteiger partial charge in [0.05, 0.1) is 6.54 Å². The van der Waals surface area contributed by atoms with E-state index in [1.807, 2.05) is 17.7 Å². The van der Waals surface area contributed by atoms with Crippen molar-refractivity contribution in [2.24, 2.45) is 7.05 Å². The lowest BCUT2D eigenvalue weighted by Crippen LogP contribution is -2.14. The van der Waals surface area contributed by atoms with Crippen molar-refractivity contribution in [2.45, 2.75) is 13.1 Å². The van der Waals surface area contributed by atoms with Gasteiger partial charge in [-0.25, -0.2) is 0 Å². The minimum Gasteiger partial charge on any atom is -0.320 e. The molecule has 0 saturated carbocycles. The van der Waals surface area contributed by atoms with Crippen LogP contribution in [0.4, 0.5) is 0 Å². The molecule has 0 atom stereocenters. The topological polar surface area (TPSA) is 42.7 Å². The number of nitrogens with zero attached hydrogens (tertiary/aromatic N) is 3. The van der Waals surface area contributed by atoms with Crippen LogP contribution in [0.3, 0.4) is 0 Å². The van der Waals surface area contributed by atoms with E-state index in [2.05, 4.69) is 51.2 Å². The average Bonchev–Trinajstić information content (AvgIpc) is 3.10. The predicted molar refractivity (Wildman–Crippen MR) is 81.3 cm³/mol. The van der Waals surface area contributed by atoms with Crippen LogP contribution in [-0.2, 0) is 20.1 Å². The molecule has 20 heavy (non-hydrogen) atoms. The van der Waals surface area contributed by atoms with E-state index < -0.39 is 0 Å². The summed E-state index contributed by atoms with van der Waals surface area (Å²) in [5, 5.41) is 13.5. The Morgan fingerprint density at radius 3 is 2.75 bits per heavy atom. The molecule has 5 heteroatoms. The Balaban J connectivity index is 1.59. The van der Waals surface area contributed by atoms with Crippen LogP contribution >= 0.6 is 11.3 Å². The maximum absolute atomic E-state index is 4.05. The lowest BCUT2D eigenvalue weighted by atomic mass is 10.1. The van der Waals surface area contributed by atoms with Gasteiger partial charge in [-0.2, -0.15) is 0 Å². The summed E-state index contributed by atoms with van der Waals surface area (Å²) in [5.74, 6) is 0.949. The number of hydrogen-bond donors (Lipinski definition) is 1. The molecule has 0 aliphatic carbocycles. The molecule has 0 unspecified atom stereocenters. The van der Waals surface area contributed by atoms with E-state index in [0.29, 0.717) is 0 Å². The molecule has 3 aromatic rings. The van der Waals surface area contributed by atoms with Gasteiger partial charge in [0.2, 0.25) is 0 Å². The Morgan fingerprint density at radius 2 is 2.00 bits per heavy atom. The normalized spacial score (nSPS) is 10.8. The van der Waals surface area contributed by atoms with Gasteiger partial charge in [0.1, 0.15) is 12.2 Å². The molecule has 0 fully saturated rings. The van der Waals surface area contributed by atoms with Gasteiger partial charge in [-0.05, 0) is 22.6 Å². The predicted octanol–water partition coefficient (Wildman–Crippen LogP) is 2.83. The molecular formula is C15H16N4S. The van der Waals surface area contributed by atoms with E-state index in [1.54, 1.807) is 17.7 Å². The van der Waals surface area contributed by atoms with E-state index in [9.17, 15) is 0 Å². The van der Waals surface area contributed by atoms with E-state index in [4.69, 9.17) is 0 Å². The van der Waals surface area contributed by atoms with Crippen LogP contribution in [0.5, 0.6) is 0 Å². The van der Waals surface area contributed by atoms with Crippen LogP contribution < -0.4 is 5.32 Å². The van der Waals surface area contributed by atoms with Gasteiger partial charge in [-0.1, -0.05) is 30.3 Å². The summed E-state index contributed by atoms with van der Waals surface area (Å²) in [6.07, 6.45) is 1.72. The van der Waals surface area contributed by atoms with E-state index >= 15 is 0 Å². The third-order valence-electron chi connectivity index (χ3n) is 3.15. The number of aryl methyl sites for hydroxylation is 1. The summed E-state index contributed by atoms with van der Waals surface area (Å²) in [5.41, 5.74) is 2.55. The van der Waals surface area contributed by atoms with Crippen molar-refractivity contribution in [1.29, 1.82) is 0 Å². The van der Waals surface area contributed by atoms with Gasteiger partial charge in [0.25, 0.3) is 0 Å². The number of nitrogens with one attached hydrogen (secondary N) is 1. The monoisotopic (exact) mass is 284 g/mol. The van der Waals surface area contributed by atoms with Gasteiger partial charge in [0.15, 0.2) is 0 Å². The van der Waals surface area contributed by atoms with Crippen molar-refractivity contribution in [2.75, 3.05) is 0 Å². The molecule has 3 rings (SSSR count). The fraction of sp³-hybridized carbons (Fsp3) is 0.200. The van der Waals surface area contributed by atoms with Crippen LogP contribution in [0.25, 0.3) is 11.1 Å². The summed E-state index contributed by atoms with van der Waals surface area (Å²) in [7, 11) is 1.95. The highest BCUT2D eigenvalue weighted by Gasteiger charge is 2.03. The molecule has 0 amide bonds. The fourth-order valence-corrected chi connectivity index (χ4v) is 2.88. The first-order valence-corrected chi connectivity index (χ1v) is 7.37. The first kappa shape index (κ1) is 13.0. The third-order valence-corrected chi connectivity index (χ3v) is 4.09. The summed E-state index contributed by atoms with van der Waals surface area (Å²) in [4.78, 5) is 1.33. The lowest BCUT2D eigenvalue weighted by Gasteiger charge is -2.02. The second-order valence-corrected chi connectivity index (χ2v) is 5.63. The molecule has 1 N–H and O–H groups in total. The van der Waals surface area contributed by atoms with E-state index in [-0.39, 0.29) is 0 Å².